The van der Waals surface area contributed by atoms with Gasteiger partial charge >= 0.3 is 0 Å². The minimum absolute atomic E-state index is 1.17. The third-order valence-corrected chi connectivity index (χ3v) is 12.0. The zero-order valence-corrected chi connectivity index (χ0v) is 29.1. The van der Waals surface area contributed by atoms with E-state index in [2.05, 4.69) is 106 Å². The average molecular weight is 701 g/mol. The molecule has 2 aromatic heterocycles. The summed E-state index contributed by atoms with van der Waals surface area (Å²) in [4.78, 5) is 5.23. The number of hydrogen-bond acceptors (Lipinski definition) is 2. The van der Waals surface area contributed by atoms with Crippen molar-refractivity contribution in [3.8, 4) is 30.6 Å². The van der Waals surface area contributed by atoms with Crippen molar-refractivity contribution in [1.29, 1.82) is 0 Å². The van der Waals surface area contributed by atoms with Gasteiger partial charge in [-0.15, -0.1) is 22.7 Å². The van der Waals surface area contributed by atoms with Crippen LogP contribution >= 0.6 is 54.5 Å². The molecule has 0 radical (unpaired) electrons. The summed E-state index contributed by atoms with van der Waals surface area (Å²) in [6.45, 7) is 4.56. The van der Waals surface area contributed by atoms with E-state index in [4.69, 9.17) is 0 Å². The monoisotopic (exact) mass is 698 g/mol. The molecule has 0 aliphatic rings. The van der Waals surface area contributed by atoms with Crippen LogP contribution in [0.25, 0.3) is 30.6 Å². The molecule has 2 heterocycles. The van der Waals surface area contributed by atoms with Crippen LogP contribution in [0.4, 0.5) is 0 Å². The topological polar surface area (TPSA) is 0 Å². The predicted molar refractivity (Wildman–Crippen MR) is 188 cm³/mol. The molecule has 0 atom stereocenters. The molecular formula is C36H44Br2S2. The Morgan fingerprint density at radius 3 is 1.20 bits per heavy atom. The Bertz CT molecular complexity index is 1180. The van der Waals surface area contributed by atoms with E-state index in [-0.39, 0.29) is 0 Å². The summed E-state index contributed by atoms with van der Waals surface area (Å²) in [5, 5.41) is 0. The van der Waals surface area contributed by atoms with E-state index in [1.54, 1.807) is 0 Å². The van der Waals surface area contributed by atoms with Gasteiger partial charge in [0.05, 0.1) is 9.75 Å². The molecule has 0 fully saturated rings. The van der Waals surface area contributed by atoms with E-state index in [1.807, 2.05) is 22.7 Å². The van der Waals surface area contributed by atoms with Crippen LogP contribution in [0.1, 0.15) is 102 Å². The normalized spacial score (nSPS) is 11.4. The Balaban J connectivity index is 1.36. The van der Waals surface area contributed by atoms with Gasteiger partial charge in [0.2, 0.25) is 0 Å². The Hall–Kier alpha value is -1.20. The number of halogens is 2. The van der Waals surface area contributed by atoms with Gasteiger partial charge in [0, 0.05) is 18.7 Å². The van der Waals surface area contributed by atoms with E-state index >= 15 is 0 Å². The Kier molecular flexibility index (Phi) is 13.5. The lowest BCUT2D eigenvalue weighted by atomic mass is 10.0. The van der Waals surface area contributed by atoms with Crippen molar-refractivity contribution in [2.75, 3.05) is 0 Å². The number of aryl methyl sites for hydroxylation is 2. The van der Waals surface area contributed by atoms with Crippen LogP contribution in [0.5, 0.6) is 0 Å². The first-order valence-electron chi connectivity index (χ1n) is 15.4. The molecule has 4 heteroatoms. The van der Waals surface area contributed by atoms with Gasteiger partial charge in [-0.25, -0.2) is 0 Å². The zero-order chi connectivity index (χ0) is 28.2. The summed E-state index contributed by atoms with van der Waals surface area (Å²) >= 11 is 11.5. The Labute approximate surface area is 267 Å². The number of thiophene rings is 2. The first kappa shape index (κ1) is 31.7. The van der Waals surface area contributed by atoms with E-state index in [1.165, 1.54) is 141 Å². The summed E-state index contributed by atoms with van der Waals surface area (Å²) < 4.78 is 2.35. The van der Waals surface area contributed by atoms with Crippen molar-refractivity contribution in [1.82, 2.24) is 0 Å². The Morgan fingerprint density at radius 1 is 0.475 bits per heavy atom. The van der Waals surface area contributed by atoms with Crippen LogP contribution in [0, 0.1) is 0 Å². The number of rotatable bonds is 17. The minimum Gasteiger partial charge on any atom is -0.133 e. The van der Waals surface area contributed by atoms with Crippen LogP contribution in [0.2, 0.25) is 0 Å². The van der Waals surface area contributed by atoms with Gasteiger partial charge in [0.1, 0.15) is 0 Å². The molecule has 0 aliphatic heterocycles. The van der Waals surface area contributed by atoms with Gasteiger partial charge in [-0.05, 0) is 91.9 Å². The minimum atomic E-state index is 1.17. The summed E-state index contributed by atoms with van der Waals surface area (Å²) in [5.74, 6) is 0. The lowest BCUT2D eigenvalue weighted by Gasteiger charge is -2.04. The highest BCUT2D eigenvalue weighted by Gasteiger charge is 2.17. The van der Waals surface area contributed by atoms with E-state index in [0.717, 1.165) is 0 Å². The summed E-state index contributed by atoms with van der Waals surface area (Å²) in [6, 6.07) is 23.1. The fraction of sp³-hybridized carbons (Fsp3) is 0.444. The molecule has 4 rings (SSSR count). The van der Waals surface area contributed by atoms with Crippen molar-refractivity contribution in [3.63, 3.8) is 0 Å². The molecule has 0 nitrogen and oxygen atoms in total. The number of unbranched alkanes of at least 4 members (excludes halogenated alkanes) is 10. The predicted octanol–water partition coefficient (Wildman–Crippen LogP) is 14.1. The van der Waals surface area contributed by atoms with Crippen molar-refractivity contribution >= 4 is 54.5 Å². The molecule has 0 aliphatic carbocycles. The number of benzene rings is 2. The van der Waals surface area contributed by atoms with Crippen LogP contribution in [0.3, 0.4) is 0 Å². The lowest BCUT2D eigenvalue weighted by molar-refractivity contribution is 0.607. The van der Waals surface area contributed by atoms with Crippen LogP contribution in [-0.4, -0.2) is 0 Å². The molecule has 4 aromatic rings. The molecule has 0 spiro atoms. The van der Waals surface area contributed by atoms with Gasteiger partial charge in [0.25, 0.3) is 0 Å². The highest BCUT2D eigenvalue weighted by molar-refractivity contribution is 9.11. The van der Waals surface area contributed by atoms with Crippen molar-refractivity contribution in [2.45, 2.75) is 104 Å². The quantitative estimate of drug-likeness (QED) is 0.0962. The van der Waals surface area contributed by atoms with Gasteiger partial charge < -0.3 is 0 Å². The van der Waals surface area contributed by atoms with Crippen LogP contribution in [-0.2, 0) is 12.8 Å². The van der Waals surface area contributed by atoms with E-state index in [9.17, 15) is 0 Å². The highest BCUT2D eigenvalue weighted by Crippen LogP contribution is 2.48. The second-order valence-corrected chi connectivity index (χ2v) is 14.8. The molecule has 0 N–H and O–H groups in total. The molecule has 0 unspecified atom stereocenters. The van der Waals surface area contributed by atoms with Gasteiger partial charge in [-0.1, -0.05) is 127 Å². The SMILES string of the molecule is CCCCCCCCc1ccc(-c2cc(Br)c(-c3sc(-c4ccc(CCCCCCCC)cc4)cc3Br)s2)cc1. The maximum absolute atomic E-state index is 3.87. The van der Waals surface area contributed by atoms with Gasteiger partial charge in [-0.2, -0.15) is 0 Å². The molecule has 40 heavy (non-hydrogen) atoms. The number of hydrogen-bond donors (Lipinski definition) is 0. The molecular weight excluding hydrogens is 656 g/mol. The molecule has 0 bridgehead atoms. The lowest BCUT2D eigenvalue weighted by Crippen LogP contribution is -1.86. The summed E-state index contributed by atoms with van der Waals surface area (Å²) in [5.41, 5.74) is 5.52. The fourth-order valence-electron chi connectivity index (χ4n) is 5.22. The molecule has 0 amide bonds. The van der Waals surface area contributed by atoms with Crippen LogP contribution < -0.4 is 0 Å². The second kappa shape index (κ2) is 17.0. The summed E-state index contributed by atoms with van der Waals surface area (Å²) in [7, 11) is 0. The third-order valence-electron chi connectivity index (χ3n) is 7.69. The molecule has 214 valence electrons. The average Bonchev–Trinajstić information content (AvgIpc) is 3.55. The van der Waals surface area contributed by atoms with Gasteiger partial charge in [0.15, 0.2) is 0 Å². The van der Waals surface area contributed by atoms with Crippen molar-refractivity contribution in [2.24, 2.45) is 0 Å². The largest absolute Gasteiger partial charge is 0.133 e. The second-order valence-electron chi connectivity index (χ2n) is 11.0. The first-order chi connectivity index (χ1) is 19.6. The molecule has 0 saturated heterocycles. The first-order valence-corrected chi connectivity index (χ1v) is 18.6. The third kappa shape index (κ3) is 9.41. The standard InChI is InChI=1S/C36H44Br2S2/c1-3-5-7-9-11-13-15-27-17-21-29(22-18-27)33-25-31(37)35(39-33)36-32(38)26-34(40-36)30-23-19-28(20-24-30)16-14-12-10-8-6-4-2/h17-26H,3-16H2,1-2H3. The maximum Gasteiger partial charge on any atom is 0.0602 e. The van der Waals surface area contributed by atoms with Crippen LogP contribution in [0.15, 0.2) is 69.6 Å². The van der Waals surface area contributed by atoms with Gasteiger partial charge in [-0.3, -0.25) is 0 Å². The summed E-state index contributed by atoms with van der Waals surface area (Å²) in [6.07, 6.45) is 18.6. The molecule has 2 aromatic carbocycles. The zero-order valence-electron chi connectivity index (χ0n) is 24.2. The highest BCUT2D eigenvalue weighted by atomic mass is 79.9. The van der Waals surface area contributed by atoms with Crippen molar-refractivity contribution in [3.05, 3.63) is 80.7 Å². The smallest absolute Gasteiger partial charge is 0.0602 e. The van der Waals surface area contributed by atoms with Crippen molar-refractivity contribution < 1.29 is 0 Å². The van der Waals surface area contributed by atoms with E-state index < -0.39 is 0 Å². The Morgan fingerprint density at radius 2 is 0.825 bits per heavy atom. The molecule has 0 saturated carbocycles. The fourth-order valence-corrected chi connectivity index (χ4v) is 9.40. The van der Waals surface area contributed by atoms with E-state index in [0.29, 0.717) is 0 Å². The maximum atomic E-state index is 3.87.